The van der Waals surface area contributed by atoms with Crippen LogP contribution >= 0.6 is 0 Å². The van der Waals surface area contributed by atoms with Crippen LogP contribution in [0.5, 0.6) is 0 Å². The molecule has 2 aromatic rings. The number of hydrogen-bond donors (Lipinski definition) is 2. The number of nitrogens with zero attached hydrogens (tertiary/aromatic N) is 3. The number of amides is 4. The van der Waals surface area contributed by atoms with Crippen LogP contribution in [-0.2, 0) is 24.6 Å². The third kappa shape index (κ3) is 5.24. The van der Waals surface area contributed by atoms with Crippen LogP contribution in [0.15, 0.2) is 42.5 Å². The Morgan fingerprint density at radius 1 is 1.15 bits per heavy atom. The van der Waals surface area contributed by atoms with Gasteiger partial charge in [-0.1, -0.05) is 50.2 Å². The van der Waals surface area contributed by atoms with Crippen LogP contribution in [-0.4, -0.2) is 59.1 Å². The highest BCUT2D eigenvalue weighted by atomic mass is 16.2. The number of likely N-dealkylation sites (N-methyl/N-ethyl adjacent to an activating group) is 1. The van der Waals surface area contributed by atoms with Crippen molar-refractivity contribution in [3.8, 4) is 6.07 Å². The Morgan fingerprint density at radius 3 is 2.46 bits per heavy atom. The Labute approximate surface area is 229 Å². The maximum Gasteiger partial charge on any atom is 0.246 e. The first-order chi connectivity index (χ1) is 18.5. The van der Waals surface area contributed by atoms with E-state index < -0.39 is 41.6 Å². The molecule has 1 saturated heterocycles. The van der Waals surface area contributed by atoms with Crippen LogP contribution in [0, 0.1) is 31.1 Å². The third-order valence-electron chi connectivity index (χ3n) is 7.81. The summed E-state index contributed by atoms with van der Waals surface area (Å²) in [5.41, 5.74) is 2.90. The number of nitrogens with one attached hydrogen (secondary N) is 2. The number of para-hydroxylation sites is 2. The van der Waals surface area contributed by atoms with Gasteiger partial charge in [-0.2, -0.15) is 5.26 Å². The number of carbonyl (C=O) groups is 4. The van der Waals surface area contributed by atoms with Crippen LogP contribution in [0.25, 0.3) is 0 Å². The number of benzene rings is 2. The maximum atomic E-state index is 14.0. The first kappa shape index (κ1) is 27.8. The molecule has 1 fully saturated rings. The van der Waals surface area contributed by atoms with Gasteiger partial charge in [0.1, 0.15) is 18.5 Å². The molecule has 2 aromatic carbocycles. The molecular formula is C30H35N5O4. The lowest BCUT2D eigenvalue weighted by Crippen LogP contribution is -2.52. The standard InChI is InChI=1S/C30H35N5O4/c1-18(2)13-24(34(5)26(37)14-25(36)33-27-19(3)9-8-10-20(27)4)28(38)35-17-30(15-21(35)16-31)22-11-6-7-12-23(22)32-29(30)39/h6-12,18,21,24H,13-15,17H2,1-5H3,(H,32,39)(H,33,36)/t21-,24-,30-/m0/s1. The van der Waals surface area contributed by atoms with Gasteiger partial charge in [-0.05, 0) is 48.9 Å². The van der Waals surface area contributed by atoms with Crippen LogP contribution < -0.4 is 10.6 Å². The summed E-state index contributed by atoms with van der Waals surface area (Å²) >= 11 is 0. The summed E-state index contributed by atoms with van der Waals surface area (Å²) in [4.78, 5) is 55.9. The van der Waals surface area contributed by atoms with E-state index in [0.717, 1.165) is 16.7 Å². The van der Waals surface area contributed by atoms with Crippen molar-refractivity contribution in [3.05, 3.63) is 59.2 Å². The van der Waals surface area contributed by atoms with E-state index in [2.05, 4.69) is 16.7 Å². The molecule has 0 bridgehead atoms. The van der Waals surface area contributed by atoms with Crippen molar-refractivity contribution in [1.82, 2.24) is 9.80 Å². The summed E-state index contributed by atoms with van der Waals surface area (Å²) in [5.74, 6) is -1.52. The summed E-state index contributed by atoms with van der Waals surface area (Å²) in [6.45, 7) is 7.70. The van der Waals surface area contributed by atoms with Gasteiger partial charge >= 0.3 is 0 Å². The van der Waals surface area contributed by atoms with Gasteiger partial charge in [-0.3, -0.25) is 19.2 Å². The molecule has 9 nitrogen and oxygen atoms in total. The largest absolute Gasteiger partial charge is 0.333 e. The molecule has 0 saturated carbocycles. The molecular weight excluding hydrogens is 494 g/mol. The highest BCUT2D eigenvalue weighted by Gasteiger charge is 2.56. The quantitative estimate of drug-likeness (QED) is 0.532. The van der Waals surface area contributed by atoms with E-state index in [1.807, 2.05) is 70.2 Å². The van der Waals surface area contributed by atoms with Gasteiger partial charge in [-0.25, -0.2) is 0 Å². The molecule has 0 aromatic heterocycles. The van der Waals surface area contributed by atoms with E-state index >= 15 is 0 Å². The lowest BCUT2D eigenvalue weighted by Gasteiger charge is -2.33. The molecule has 4 amide bonds. The van der Waals surface area contributed by atoms with Crippen LogP contribution in [0.3, 0.4) is 0 Å². The van der Waals surface area contributed by atoms with Gasteiger partial charge in [0, 0.05) is 31.4 Å². The molecule has 0 unspecified atom stereocenters. The first-order valence-corrected chi connectivity index (χ1v) is 13.2. The summed E-state index contributed by atoms with van der Waals surface area (Å²) in [7, 11) is 1.52. The van der Waals surface area contributed by atoms with Crippen molar-refractivity contribution in [1.29, 1.82) is 5.26 Å². The Kier molecular flexibility index (Phi) is 7.77. The summed E-state index contributed by atoms with van der Waals surface area (Å²) in [6, 6.07) is 13.5. The van der Waals surface area contributed by atoms with Crippen molar-refractivity contribution >= 4 is 35.0 Å². The number of nitriles is 1. The van der Waals surface area contributed by atoms with Crippen molar-refractivity contribution in [2.75, 3.05) is 24.2 Å². The summed E-state index contributed by atoms with van der Waals surface area (Å²) in [6.07, 6.45) is 0.111. The average Bonchev–Trinajstić information content (AvgIpc) is 3.42. The van der Waals surface area contributed by atoms with E-state index in [0.29, 0.717) is 17.8 Å². The molecule has 0 aliphatic carbocycles. The number of aryl methyl sites for hydroxylation is 2. The Balaban J connectivity index is 1.54. The Bertz CT molecular complexity index is 1340. The average molecular weight is 530 g/mol. The lowest BCUT2D eigenvalue weighted by atomic mass is 9.80. The number of hydrogen-bond acceptors (Lipinski definition) is 5. The van der Waals surface area contributed by atoms with Gasteiger partial charge in [-0.15, -0.1) is 0 Å². The zero-order valence-corrected chi connectivity index (χ0v) is 23.1. The molecule has 204 valence electrons. The molecule has 3 atom stereocenters. The second kappa shape index (κ2) is 10.9. The highest BCUT2D eigenvalue weighted by Crippen LogP contribution is 2.46. The van der Waals surface area contributed by atoms with Crippen molar-refractivity contribution in [3.63, 3.8) is 0 Å². The SMILES string of the molecule is Cc1cccc(C)c1NC(=O)CC(=O)N(C)[C@@H](CC(C)C)C(=O)N1C[C@]2(C[C@H]1C#N)C(=O)Nc1ccccc12. The molecule has 2 heterocycles. The normalized spacial score (nSPS) is 20.4. The zero-order valence-electron chi connectivity index (χ0n) is 23.1. The Hall–Kier alpha value is -4.19. The minimum absolute atomic E-state index is 0.0522. The zero-order chi connectivity index (χ0) is 28.5. The van der Waals surface area contributed by atoms with E-state index in [9.17, 15) is 24.4 Å². The van der Waals surface area contributed by atoms with Gasteiger partial charge in [0.05, 0.1) is 11.5 Å². The number of fused-ring (bicyclic) bond motifs is 2. The molecule has 0 radical (unpaired) electrons. The lowest BCUT2D eigenvalue weighted by molar-refractivity contribution is -0.146. The molecule has 2 aliphatic heterocycles. The van der Waals surface area contributed by atoms with Crippen molar-refractivity contribution in [2.45, 2.75) is 64.5 Å². The number of carbonyl (C=O) groups excluding carboxylic acids is 4. The van der Waals surface area contributed by atoms with Crippen molar-refractivity contribution in [2.24, 2.45) is 5.92 Å². The van der Waals surface area contributed by atoms with Gasteiger partial charge < -0.3 is 20.4 Å². The molecule has 2 aliphatic rings. The monoisotopic (exact) mass is 529 g/mol. The second-order valence-corrected chi connectivity index (χ2v) is 11.0. The fraction of sp³-hybridized carbons (Fsp3) is 0.433. The van der Waals surface area contributed by atoms with Gasteiger partial charge in [0.15, 0.2) is 0 Å². The molecule has 4 rings (SSSR count). The predicted octanol–water partition coefficient (Wildman–Crippen LogP) is 3.52. The maximum absolute atomic E-state index is 14.0. The predicted molar refractivity (Wildman–Crippen MR) is 148 cm³/mol. The fourth-order valence-electron chi connectivity index (χ4n) is 5.68. The van der Waals surface area contributed by atoms with Gasteiger partial charge in [0.2, 0.25) is 23.6 Å². The van der Waals surface area contributed by atoms with Gasteiger partial charge in [0.25, 0.3) is 0 Å². The van der Waals surface area contributed by atoms with Crippen LogP contribution in [0.1, 0.15) is 49.8 Å². The van der Waals surface area contributed by atoms with E-state index in [-0.39, 0.29) is 24.8 Å². The summed E-state index contributed by atoms with van der Waals surface area (Å²) < 4.78 is 0. The topological polar surface area (TPSA) is 123 Å². The molecule has 2 N–H and O–H groups in total. The minimum Gasteiger partial charge on any atom is -0.333 e. The molecule has 9 heteroatoms. The first-order valence-electron chi connectivity index (χ1n) is 13.2. The fourth-order valence-corrected chi connectivity index (χ4v) is 5.68. The van der Waals surface area contributed by atoms with Crippen LogP contribution in [0.4, 0.5) is 11.4 Å². The summed E-state index contributed by atoms with van der Waals surface area (Å²) in [5, 5.41) is 15.7. The molecule has 39 heavy (non-hydrogen) atoms. The van der Waals surface area contributed by atoms with E-state index in [1.54, 1.807) is 0 Å². The Morgan fingerprint density at radius 2 is 1.82 bits per heavy atom. The minimum atomic E-state index is -1.01. The van der Waals surface area contributed by atoms with Crippen molar-refractivity contribution < 1.29 is 19.2 Å². The number of anilines is 2. The smallest absolute Gasteiger partial charge is 0.246 e. The van der Waals surface area contributed by atoms with E-state index in [4.69, 9.17) is 0 Å². The van der Waals surface area contributed by atoms with E-state index in [1.165, 1.54) is 16.8 Å². The highest BCUT2D eigenvalue weighted by molar-refractivity contribution is 6.08. The number of rotatable bonds is 7. The second-order valence-electron chi connectivity index (χ2n) is 11.0. The van der Waals surface area contributed by atoms with Crippen LogP contribution in [0.2, 0.25) is 0 Å². The molecule has 1 spiro atoms. The third-order valence-corrected chi connectivity index (χ3v) is 7.81. The number of likely N-dealkylation sites (tertiary alicyclic amines) is 1.